The molecule has 0 bridgehead atoms. The fourth-order valence-corrected chi connectivity index (χ4v) is 2.81. The SMILES string of the molecule is CCN1C(NCCCO)=Nc2ncn(Cc3ccccc3)c2C1O. The molecule has 3 N–H and O–H groups in total. The molecule has 7 nitrogen and oxygen atoms in total. The predicted molar refractivity (Wildman–Crippen MR) is 91.9 cm³/mol. The zero-order valence-corrected chi connectivity index (χ0v) is 13.8. The third kappa shape index (κ3) is 3.27. The summed E-state index contributed by atoms with van der Waals surface area (Å²) in [6.45, 7) is 3.93. The number of nitrogens with zero attached hydrogens (tertiary/aromatic N) is 4. The largest absolute Gasteiger partial charge is 0.396 e. The fraction of sp³-hybridized carbons (Fsp3) is 0.412. The van der Waals surface area contributed by atoms with Gasteiger partial charge in [0.25, 0.3) is 0 Å². The minimum atomic E-state index is -0.801. The standard InChI is InChI=1S/C17H23N5O2/c1-2-22-16(24)14-15(20-17(22)18-9-6-10-23)19-12-21(14)11-13-7-4-3-5-8-13/h3-5,7-8,12,16,23-24H,2,6,9-11H2,1H3,(H,18,20). The van der Waals surface area contributed by atoms with Crippen LogP contribution >= 0.6 is 0 Å². The van der Waals surface area contributed by atoms with Gasteiger partial charge in [0.2, 0.25) is 5.96 Å². The summed E-state index contributed by atoms with van der Waals surface area (Å²) in [5, 5.41) is 22.9. The van der Waals surface area contributed by atoms with E-state index < -0.39 is 6.23 Å². The first-order valence-electron chi connectivity index (χ1n) is 8.21. The van der Waals surface area contributed by atoms with Crippen LogP contribution in [-0.4, -0.2) is 50.3 Å². The fourth-order valence-electron chi connectivity index (χ4n) is 2.81. The Morgan fingerprint density at radius 1 is 1.25 bits per heavy atom. The van der Waals surface area contributed by atoms with Crippen LogP contribution in [0.4, 0.5) is 5.82 Å². The summed E-state index contributed by atoms with van der Waals surface area (Å²) >= 11 is 0. The number of hydrogen-bond donors (Lipinski definition) is 3. The van der Waals surface area contributed by atoms with Crippen LogP contribution in [0.5, 0.6) is 0 Å². The number of aliphatic imine (C=N–C) groups is 1. The number of aromatic nitrogens is 2. The van der Waals surface area contributed by atoms with E-state index >= 15 is 0 Å². The Morgan fingerprint density at radius 2 is 2.04 bits per heavy atom. The molecule has 1 unspecified atom stereocenters. The zero-order valence-electron chi connectivity index (χ0n) is 13.8. The molecule has 0 radical (unpaired) electrons. The number of nitrogens with one attached hydrogen (secondary N) is 1. The average molecular weight is 329 g/mol. The second-order valence-corrected chi connectivity index (χ2v) is 5.67. The lowest BCUT2D eigenvalue weighted by Crippen LogP contribution is -2.46. The van der Waals surface area contributed by atoms with Crippen molar-refractivity contribution >= 4 is 11.8 Å². The Morgan fingerprint density at radius 3 is 2.75 bits per heavy atom. The normalized spacial score (nSPS) is 16.7. The number of aliphatic hydroxyl groups is 2. The average Bonchev–Trinajstić information content (AvgIpc) is 2.99. The molecule has 0 aliphatic carbocycles. The van der Waals surface area contributed by atoms with Crippen LogP contribution < -0.4 is 5.32 Å². The summed E-state index contributed by atoms with van der Waals surface area (Å²) in [6.07, 6.45) is 1.54. The number of guanidine groups is 1. The summed E-state index contributed by atoms with van der Waals surface area (Å²) in [5.74, 6) is 1.13. The molecule has 1 aromatic heterocycles. The molecule has 2 heterocycles. The van der Waals surface area contributed by atoms with Crippen LogP contribution in [0.3, 0.4) is 0 Å². The van der Waals surface area contributed by atoms with Gasteiger partial charge >= 0.3 is 0 Å². The Kier molecular flexibility index (Phi) is 5.12. The van der Waals surface area contributed by atoms with Gasteiger partial charge in [0, 0.05) is 26.2 Å². The van der Waals surface area contributed by atoms with Crippen LogP contribution in [0.25, 0.3) is 0 Å². The van der Waals surface area contributed by atoms with Gasteiger partial charge in [-0.3, -0.25) is 0 Å². The van der Waals surface area contributed by atoms with Crippen molar-refractivity contribution in [2.45, 2.75) is 26.1 Å². The minimum Gasteiger partial charge on any atom is -0.396 e. The van der Waals surface area contributed by atoms with Gasteiger partial charge in [-0.05, 0) is 18.9 Å². The van der Waals surface area contributed by atoms with E-state index in [9.17, 15) is 5.11 Å². The summed E-state index contributed by atoms with van der Waals surface area (Å²) in [7, 11) is 0. The van der Waals surface area contributed by atoms with Crippen molar-refractivity contribution in [2.75, 3.05) is 19.7 Å². The summed E-state index contributed by atoms with van der Waals surface area (Å²) in [4.78, 5) is 10.7. The number of hydrogen-bond acceptors (Lipinski definition) is 6. The van der Waals surface area contributed by atoms with Crippen molar-refractivity contribution in [2.24, 2.45) is 4.99 Å². The molecular formula is C17H23N5O2. The van der Waals surface area contributed by atoms with E-state index in [1.807, 2.05) is 41.8 Å². The second kappa shape index (κ2) is 7.46. The van der Waals surface area contributed by atoms with Crippen molar-refractivity contribution in [1.29, 1.82) is 0 Å². The van der Waals surface area contributed by atoms with E-state index in [4.69, 9.17) is 5.11 Å². The maximum absolute atomic E-state index is 10.8. The minimum absolute atomic E-state index is 0.117. The maximum atomic E-state index is 10.8. The van der Waals surface area contributed by atoms with Gasteiger partial charge in [-0.1, -0.05) is 30.3 Å². The highest BCUT2D eigenvalue weighted by Crippen LogP contribution is 2.32. The van der Waals surface area contributed by atoms with Gasteiger partial charge in [0.1, 0.15) is 5.69 Å². The number of fused-ring (bicyclic) bond motifs is 1. The summed E-state index contributed by atoms with van der Waals surface area (Å²) in [6, 6.07) is 10.1. The Balaban J connectivity index is 1.87. The molecule has 0 saturated carbocycles. The van der Waals surface area contributed by atoms with Crippen LogP contribution in [0, 0.1) is 0 Å². The van der Waals surface area contributed by atoms with Crippen LogP contribution in [0.2, 0.25) is 0 Å². The van der Waals surface area contributed by atoms with E-state index in [0.29, 0.717) is 43.5 Å². The molecule has 3 rings (SSSR count). The van der Waals surface area contributed by atoms with Crippen LogP contribution in [0.15, 0.2) is 41.7 Å². The van der Waals surface area contributed by atoms with E-state index in [1.165, 1.54) is 0 Å². The third-order valence-electron chi connectivity index (χ3n) is 4.04. The molecule has 1 aromatic carbocycles. The molecule has 24 heavy (non-hydrogen) atoms. The van der Waals surface area contributed by atoms with E-state index in [1.54, 1.807) is 11.2 Å². The number of rotatable bonds is 6. The molecular weight excluding hydrogens is 306 g/mol. The van der Waals surface area contributed by atoms with Gasteiger partial charge in [-0.2, -0.15) is 4.99 Å². The number of aliphatic hydroxyl groups excluding tert-OH is 2. The van der Waals surface area contributed by atoms with Crippen LogP contribution in [0.1, 0.15) is 30.8 Å². The smallest absolute Gasteiger partial charge is 0.203 e. The third-order valence-corrected chi connectivity index (χ3v) is 4.04. The number of benzene rings is 1. The zero-order chi connectivity index (χ0) is 16.9. The Hall–Kier alpha value is -2.38. The highest BCUT2D eigenvalue weighted by atomic mass is 16.3. The van der Waals surface area contributed by atoms with Crippen molar-refractivity contribution in [3.05, 3.63) is 47.9 Å². The Labute approximate surface area is 141 Å². The highest BCUT2D eigenvalue weighted by Gasteiger charge is 2.31. The van der Waals surface area contributed by atoms with Crippen LogP contribution in [-0.2, 0) is 6.54 Å². The van der Waals surface area contributed by atoms with E-state index in [0.717, 1.165) is 5.56 Å². The summed E-state index contributed by atoms with van der Waals surface area (Å²) in [5.41, 5.74) is 1.84. The predicted octanol–water partition coefficient (Wildman–Crippen LogP) is 1.22. The van der Waals surface area contributed by atoms with E-state index in [2.05, 4.69) is 15.3 Å². The molecule has 0 saturated heterocycles. The second-order valence-electron chi connectivity index (χ2n) is 5.67. The lowest BCUT2D eigenvalue weighted by atomic mass is 10.2. The first-order valence-corrected chi connectivity index (χ1v) is 8.21. The van der Waals surface area contributed by atoms with E-state index in [-0.39, 0.29) is 6.61 Å². The molecule has 2 aromatic rings. The highest BCUT2D eigenvalue weighted by molar-refractivity contribution is 5.84. The lowest BCUT2D eigenvalue weighted by molar-refractivity contribution is 0.0442. The first-order chi connectivity index (χ1) is 11.7. The van der Waals surface area contributed by atoms with Crippen molar-refractivity contribution in [1.82, 2.24) is 19.8 Å². The van der Waals surface area contributed by atoms with Crippen molar-refractivity contribution in [3.63, 3.8) is 0 Å². The molecule has 1 aliphatic heterocycles. The quantitative estimate of drug-likeness (QED) is 0.694. The topological polar surface area (TPSA) is 85.9 Å². The van der Waals surface area contributed by atoms with Crippen molar-refractivity contribution < 1.29 is 10.2 Å². The summed E-state index contributed by atoms with van der Waals surface area (Å²) < 4.78 is 1.94. The Bertz CT molecular complexity index is 698. The monoisotopic (exact) mass is 329 g/mol. The molecule has 0 amide bonds. The lowest BCUT2D eigenvalue weighted by Gasteiger charge is -2.33. The molecule has 7 heteroatoms. The molecule has 1 aliphatic rings. The maximum Gasteiger partial charge on any atom is 0.203 e. The molecule has 1 atom stereocenters. The number of imidazole rings is 1. The van der Waals surface area contributed by atoms with Gasteiger partial charge in [0.05, 0.1) is 6.33 Å². The van der Waals surface area contributed by atoms with Gasteiger partial charge in [-0.15, -0.1) is 0 Å². The molecule has 0 fully saturated rings. The van der Waals surface area contributed by atoms with Gasteiger partial charge in [-0.25, -0.2) is 4.98 Å². The first kappa shape index (κ1) is 16.5. The van der Waals surface area contributed by atoms with Gasteiger partial charge < -0.3 is 25.0 Å². The van der Waals surface area contributed by atoms with Crippen molar-refractivity contribution in [3.8, 4) is 0 Å². The molecule has 128 valence electrons. The van der Waals surface area contributed by atoms with Gasteiger partial charge in [0.15, 0.2) is 12.0 Å². The molecule has 0 spiro atoms.